The van der Waals surface area contributed by atoms with Gasteiger partial charge in [-0.2, -0.15) is 0 Å². The molecule has 5 heterocycles. The molecule has 0 bridgehead atoms. The molecule has 0 radical (unpaired) electrons. The van der Waals surface area contributed by atoms with Gasteiger partial charge in [-0.15, -0.1) is 0 Å². The van der Waals surface area contributed by atoms with Crippen LogP contribution in [0.5, 0.6) is 28.7 Å². The summed E-state index contributed by atoms with van der Waals surface area (Å²) in [5.74, 6) is -5.54. The molecule has 5 aromatic heterocycles. The van der Waals surface area contributed by atoms with Crippen LogP contribution >= 0.6 is 31.9 Å². The molecule has 0 aliphatic rings. The van der Waals surface area contributed by atoms with Crippen molar-refractivity contribution in [2.24, 2.45) is 11.5 Å². The molecule has 0 atom stereocenters. The minimum atomic E-state index is -1.17. The van der Waals surface area contributed by atoms with Crippen LogP contribution in [0.1, 0.15) is 138 Å². The minimum absolute atomic E-state index is 0.0329. The number of carboxylic acids is 2. The number of halogens is 7. The van der Waals surface area contributed by atoms with E-state index >= 15 is 0 Å². The number of phenolic OH excluding ortho intramolecular Hbond substituents is 1. The zero-order valence-corrected chi connectivity index (χ0v) is 77.0. The van der Waals surface area contributed by atoms with Crippen LogP contribution < -0.4 is 30.4 Å². The van der Waals surface area contributed by atoms with Crippen molar-refractivity contribution in [1.82, 2.24) is 44.5 Å². The van der Waals surface area contributed by atoms with E-state index < -0.39 is 29.7 Å². The number of amides is 6. The van der Waals surface area contributed by atoms with Gasteiger partial charge in [-0.3, -0.25) is 53.7 Å². The molecule has 0 spiro atoms. The number of carbonyl (C=O) groups excluding carboxylic acids is 6. The minimum Gasteiger partial charge on any atom is -0.505 e. The first-order chi connectivity index (χ1) is 63.3. The Morgan fingerprint density at radius 3 is 0.767 bits per heavy atom. The standard InChI is InChI=1S/C21H20FN3O3.C21H19FN2O4.C20H18BrFN2O2.C20H18FN3O3.C18H13BrFNO3/c1-25(2)21(27)17-10-16(20(23)26)15-9-13(11-24-18(15)19(17)28-3)8-12-4-6-14(22)7-5-12;1-24(2)20(25)17-10-16(21(26)27)15-9-13(11-23-18(15)19(17)28-3)8-12-4-6-14(22)7-5-12;1-24(2)20(25)16-10-17(21)15-9-13(11-23-18(15)19(16)26-3)8-12-4-6-14(22)7-5-12;1-24(2)20(27)16-9-15(19(22)26)14-8-12(10-23-17(14)18(16)25)7-11-3-5-13(21)6-4-11;1-24-17-14(18(22)23)8-15(19)13-7-11(9-21-16(13)17)6-10-2-4-12(20)5-3-10/h4-7,9-11H,8H2,1-3H3,(H2,23,26);4-7,9-11H,8H2,1-3H3,(H,26,27);4-7,9-11H,8H2,1-3H3;3-6,8-10,25H,7H2,1-2H3,(H2,22,26);2-5,7-9H,6H2,1H3,(H,22,23). The summed E-state index contributed by atoms with van der Waals surface area (Å²) >= 11 is 6.94. The number of ether oxygens (including phenoxy) is 4. The third-order valence-corrected chi connectivity index (χ3v) is 22.1. The van der Waals surface area contributed by atoms with E-state index in [0.29, 0.717) is 86.1 Å². The highest BCUT2D eigenvalue weighted by atomic mass is 79.9. The Hall–Kier alpha value is -15.4. The van der Waals surface area contributed by atoms with Gasteiger partial charge in [0.25, 0.3) is 23.6 Å². The number of primary amides is 2. The predicted molar refractivity (Wildman–Crippen MR) is 501 cm³/mol. The summed E-state index contributed by atoms with van der Waals surface area (Å²) < 4.78 is 88.3. The summed E-state index contributed by atoms with van der Waals surface area (Å²) in [6, 6.07) is 47.4. The zero-order valence-electron chi connectivity index (χ0n) is 73.8. The number of phenols is 1. The van der Waals surface area contributed by atoms with Crippen molar-refractivity contribution < 1.29 is 94.6 Å². The number of fused-ring (bicyclic) bond motifs is 5. The van der Waals surface area contributed by atoms with Gasteiger partial charge in [0.15, 0.2) is 28.7 Å². The molecule has 0 saturated heterocycles. The van der Waals surface area contributed by atoms with Gasteiger partial charge in [-0.05, 0) is 209 Å². The van der Waals surface area contributed by atoms with Crippen LogP contribution in [0.25, 0.3) is 54.5 Å². The van der Waals surface area contributed by atoms with Crippen molar-refractivity contribution >= 4 is 134 Å². The van der Waals surface area contributed by atoms with E-state index in [1.807, 2.05) is 12.1 Å². The number of carboxylic acid groups (broad SMARTS) is 2. The maximum absolute atomic E-state index is 13.1. The van der Waals surface area contributed by atoms with Crippen molar-refractivity contribution in [3.8, 4) is 28.7 Å². The van der Waals surface area contributed by atoms with Crippen LogP contribution in [-0.2, 0) is 32.1 Å². The first kappa shape index (κ1) is 98.2. The summed E-state index contributed by atoms with van der Waals surface area (Å²) in [5, 5.41) is 32.3. The molecule has 7 N–H and O–H groups in total. The van der Waals surface area contributed by atoms with Gasteiger partial charge < -0.3 is 65.3 Å². The maximum atomic E-state index is 13.1. The Morgan fingerprint density at radius 2 is 0.504 bits per heavy atom. The number of hydrogen-bond acceptors (Lipinski definition) is 18. The molecule has 0 fully saturated rings. The number of methoxy groups -OCH3 is 4. The molecule has 133 heavy (non-hydrogen) atoms. The molecule has 10 aromatic carbocycles. The quantitative estimate of drug-likeness (QED) is 0.0393. The Kier molecular flexibility index (Phi) is 32.0. The first-order valence-electron chi connectivity index (χ1n) is 40.4. The first-order valence-corrected chi connectivity index (χ1v) is 42.0. The van der Waals surface area contributed by atoms with E-state index in [-0.39, 0.29) is 114 Å². The SMILES string of the molecule is CN(C)C(=O)c1cc(C(N)=O)c2cc(Cc3ccc(F)cc3)cnc2c1O.COc1c(C(=O)N(C)C)cc(Br)c2cc(Cc3ccc(F)cc3)cnc12.COc1c(C(=O)N(C)C)cc(C(=O)O)c2cc(Cc3ccc(F)cc3)cnc12.COc1c(C(=O)N(C)C)cc(C(N)=O)c2cc(Cc3ccc(F)cc3)cnc12.COc1c(C(=O)O)cc(Br)c2cc(Cc3ccc(F)cc3)cnc12. The van der Waals surface area contributed by atoms with E-state index in [0.717, 1.165) is 70.9 Å². The number of aromatic hydroxyl groups is 1. The lowest BCUT2D eigenvalue weighted by Gasteiger charge is -2.17. The fourth-order valence-corrected chi connectivity index (χ4v) is 15.4. The number of carbonyl (C=O) groups is 8. The Labute approximate surface area is 776 Å². The summed E-state index contributed by atoms with van der Waals surface area (Å²) in [6.07, 6.45) is 10.9. The molecule has 0 aliphatic carbocycles. The summed E-state index contributed by atoms with van der Waals surface area (Å²) in [5.41, 5.74) is 22.8. The summed E-state index contributed by atoms with van der Waals surface area (Å²) in [6.45, 7) is 0. The lowest BCUT2D eigenvalue weighted by atomic mass is 9.98. The number of aromatic carboxylic acids is 2. The van der Waals surface area contributed by atoms with Crippen LogP contribution in [0.15, 0.2) is 222 Å². The zero-order chi connectivity index (χ0) is 96.7. The Morgan fingerprint density at radius 1 is 0.293 bits per heavy atom. The second-order valence-electron chi connectivity index (χ2n) is 31.1. The van der Waals surface area contributed by atoms with Crippen molar-refractivity contribution in [2.75, 3.05) is 84.8 Å². The molecule has 26 nitrogen and oxygen atoms in total. The Bertz CT molecular complexity index is 6830. The fraction of sp³-hybridized carbons (Fsp3) is 0.170. The number of rotatable bonds is 22. The highest BCUT2D eigenvalue weighted by Gasteiger charge is 2.29. The molecule has 0 aliphatic heterocycles. The van der Waals surface area contributed by atoms with E-state index in [1.165, 1.54) is 147 Å². The van der Waals surface area contributed by atoms with E-state index in [9.17, 15) is 75.6 Å². The third-order valence-electron chi connectivity index (χ3n) is 20.8. The van der Waals surface area contributed by atoms with E-state index in [2.05, 4.69) is 56.8 Å². The number of benzene rings is 10. The van der Waals surface area contributed by atoms with E-state index in [1.54, 1.807) is 158 Å². The number of pyridine rings is 5. The number of aromatic nitrogens is 5. The number of hydrogen-bond donors (Lipinski definition) is 5. The number of nitrogens with two attached hydrogens (primary N) is 2. The average Bonchev–Trinajstić information content (AvgIpc) is 0.769. The van der Waals surface area contributed by atoms with Crippen molar-refractivity contribution in [1.29, 1.82) is 0 Å². The van der Waals surface area contributed by atoms with Crippen molar-refractivity contribution in [3.63, 3.8) is 0 Å². The molecule has 15 aromatic rings. The highest BCUT2D eigenvalue weighted by molar-refractivity contribution is 9.11. The number of nitrogens with zero attached hydrogens (tertiary/aromatic N) is 9. The predicted octanol–water partition coefficient (Wildman–Crippen LogP) is 17.5. The van der Waals surface area contributed by atoms with Gasteiger partial charge >= 0.3 is 11.9 Å². The van der Waals surface area contributed by atoms with Gasteiger partial charge in [-0.25, -0.2) is 31.5 Å². The van der Waals surface area contributed by atoms with Crippen LogP contribution in [0.4, 0.5) is 22.0 Å². The molecule has 33 heteroatoms. The van der Waals surface area contributed by atoms with Crippen molar-refractivity contribution in [2.45, 2.75) is 32.1 Å². The van der Waals surface area contributed by atoms with E-state index in [4.69, 9.17) is 30.4 Å². The van der Waals surface area contributed by atoms with Gasteiger partial charge in [0.05, 0.1) is 56.3 Å². The molecule has 0 saturated carbocycles. The van der Waals surface area contributed by atoms with Crippen molar-refractivity contribution in [3.05, 3.63) is 351 Å². The second-order valence-corrected chi connectivity index (χ2v) is 32.8. The highest BCUT2D eigenvalue weighted by Crippen LogP contribution is 2.40. The van der Waals surface area contributed by atoms with Gasteiger partial charge in [-0.1, -0.05) is 92.5 Å². The van der Waals surface area contributed by atoms with Gasteiger partial charge in [0, 0.05) is 134 Å². The largest absolute Gasteiger partial charge is 0.505 e. The smallest absolute Gasteiger partial charge is 0.339 e. The normalized spacial score (nSPS) is 10.8. The maximum Gasteiger partial charge on any atom is 0.339 e. The fourth-order valence-electron chi connectivity index (χ4n) is 14.3. The lowest BCUT2D eigenvalue weighted by molar-refractivity contribution is 0.0684. The van der Waals surface area contributed by atoms with Crippen LogP contribution in [-0.4, -0.2) is 192 Å². The van der Waals surface area contributed by atoms with Gasteiger partial charge in [0.1, 0.15) is 62.2 Å². The Balaban J connectivity index is 0.000000160. The monoisotopic (exact) mass is 1940 g/mol. The summed E-state index contributed by atoms with van der Waals surface area (Å²) in [7, 11) is 18.6. The molecular formula is C100H88Br2F5N11O15. The second kappa shape index (κ2) is 43.4. The molecular weight excluding hydrogens is 1850 g/mol. The lowest BCUT2D eigenvalue weighted by Crippen LogP contribution is -2.23. The third kappa shape index (κ3) is 23.4. The molecule has 0 unspecified atom stereocenters. The molecule has 6 amide bonds. The molecule has 682 valence electrons. The van der Waals surface area contributed by atoms with Crippen LogP contribution in [0, 0.1) is 29.1 Å². The van der Waals surface area contributed by atoms with Crippen LogP contribution in [0.2, 0.25) is 0 Å². The topological polar surface area (TPSA) is 364 Å². The van der Waals surface area contributed by atoms with Crippen LogP contribution in [0.3, 0.4) is 0 Å². The van der Waals surface area contributed by atoms with Gasteiger partial charge in [0.2, 0.25) is 11.8 Å². The average molecular weight is 1940 g/mol. The summed E-state index contributed by atoms with van der Waals surface area (Å²) in [4.78, 5) is 124. The molecule has 15 rings (SSSR count).